The quantitative estimate of drug-likeness (QED) is 0.563. The summed E-state index contributed by atoms with van der Waals surface area (Å²) in [5.74, 6) is -0.725. The van der Waals surface area contributed by atoms with Gasteiger partial charge < -0.3 is 15.4 Å². The summed E-state index contributed by atoms with van der Waals surface area (Å²) in [5, 5.41) is 5.26. The maximum absolute atomic E-state index is 11.9. The summed E-state index contributed by atoms with van der Waals surface area (Å²) in [5.41, 5.74) is 0.439. The molecule has 1 aromatic carbocycles. The number of nitrogens with one attached hydrogen (secondary N) is 2. The number of hydrogen-bond acceptors (Lipinski definition) is 4. The number of halogens is 1. The van der Waals surface area contributed by atoms with Crippen LogP contribution in [0.2, 0.25) is 0 Å². The van der Waals surface area contributed by atoms with Gasteiger partial charge in [-0.2, -0.15) is 0 Å². The third-order valence-corrected chi connectivity index (χ3v) is 4.22. The Morgan fingerprint density at radius 2 is 1.73 bits per heavy atom. The van der Waals surface area contributed by atoms with Crippen molar-refractivity contribution in [2.24, 2.45) is 5.92 Å². The zero-order valence-corrected chi connectivity index (χ0v) is 17.1. The molecule has 0 saturated carbocycles. The fraction of sp³-hybridized carbons (Fsp3) is 0.526. The van der Waals surface area contributed by atoms with Crippen LogP contribution in [0.3, 0.4) is 0 Å². The number of benzene rings is 1. The minimum Gasteiger partial charge on any atom is -0.454 e. The van der Waals surface area contributed by atoms with Gasteiger partial charge in [-0.3, -0.25) is 14.4 Å². The fourth-order valence-corrected chi connectivity index (χ4v) is 2.54. The number of amides is 2. The van der Waals surface area contributed by atoms with Crippen LogP contribution in [-0.4, -0.2) is 37.0 Å². The SMILES string of the molecule is CC(C)CCCC(C)NC(=O)COC(=O)CNC(=O)c1ccc(Br)cc1. The maximum atomic E-state index is 11.9. The molecule has 7 heteroatoms. The largest absolute Gasteiger partial charge is 0.454 e. The lowest BCUT2D eigenvalue weighted by Crippen LogP contribution is -2.37. The van der Waals surface area contributed by atoms with Crippen LogP contribution in [0.5, 0.6) is 0 Å². The standard InChI is InChI=1S/C19H27BrN2O4/c1-13(2)5-4-6-14(3)22-17(23)12-26-18(24)11-21-19(25)15-7-9-16(20)10-8-15/h7-10,13-14H,4-6,11-12H2,1-3H3,(H,21,25)(H,22,23). The summed E-state index contributed by atoms with van der Waals surface area (Å²) in [6.45, 7) is 5.63. The first kappa shape index (κ1) is 22.2. The molecule has 0 aliphatic rings. The molecule has 6 nitrogen and oxygen atoms in total. The summed E-state index contributed by atoms with van der Waals surface area (Å²) < 4.78 is 5.74. The minimum absolute atomic E-state index is 0.0389. The van der Waals surface area contributed by atoms with Gasteiger partial charge >= 0.3 is 5.97 Å². The van der Waals surface area contributed by atoms with Crippen LogP contribution in [0.1, 0.15) is 50.4 Å². The lowest BCUT2D eigenvalue weighted by molar-refractivity contribution is -0.147. The Balaban J connectivity index is 2.21. The van der Waals surface area contributed by atoms with Crippen molar-refractivity contribution in [1.82, 2.24) is 10.6 Å². The molecule has 144 valence electrons. The molecule has 0 aliphatic heterocycles. The number of ether oxygens (including phenoxy) is 1. The summed E-state index contributed by atoms with van der Waals surface area (Å²) in [6, 6.07) is 6.79. The van der Waals surface area contributed by atoms with Crippen molar-refractivity contribution in [3.8, 4) is 0 Å². The van der Waals surface area contributed by atoms with Gasteiger partial charge in [0.15, 0.2) is 6.61 Å². The van der Waals surface area contributed by atoms with E-state index in [1.165, 1.54) is 0 Å². The smallest absolute Gasteiger partial charge is 0.325 e. The summed E-state index contributed by atoms with van der Waals surface area (Å²) in [7, 11) is 0. The monoisotopic (exact) mass is 426 g/mol. The van der Waals surface area contributed by atoms with Gasteiger partial charge in [0.2, 0.25) is 0 Å². The molecule has 0 aliphatic carbocycles. The van der Waals surface area contributed by atoms with Crippen molar-refractivity contribution in [1.29, 1.82) is 0 Å². The van der Waals surface area contributed by atoms with Crippen molar-refractivity contribution in [3.63, 3.8) is 0 Å². The van der Waals surface area contributed by atoms with Gasteiger partial charge in [-0.05, 0) is 43.5 Å². The van der Waals surface area contributed by atoms with E-state index in [0.29, 0.717) is 11.5 Å². The highest BCUT2D eigenvalue weighted by molar-refractivity contribution is 9.10. The highest BCUT2D eigenvalue weighted by atomic mass is 79.9. The van der Waals surface area contributed by atoms with Crippen LogP contribution in [-0.2, 0) is 14.3 Å². The van der Waals surface area contributed by atoms with E-state index < -0.39 is 5.97 Å². The van der Waals surface area contributed by atoms with E-state index in [0.717, 1.165) is 23.7 Å². The summed E-state index contributed by atoms with van der Waals surface area (Å²) in [4.78, 5) is 35.3. The molecule has 1 unspecified atom stereocenters. The van der Waals surface area contributed by atoms with Crippen LogP contribution in [0, 0.1) is 5.92 Å². The van der Waals surface area contributed by atoms with E-state index in [4.69, 9.17) is 4.74 Å². The summed E-state index contributed by atoms with van der Waals surface area (Å²) in [6.07, 6.45) is 3.05. The molecule has 26 heavy (non-hydrogen) atoms. The van der Waals surface area contributed by atoms with Crippen molar-refractivity contribution in [3.05, 3.63) is 34.3 Å². The molecule has 0 radical (unpaired) electrons. The Hall–Kier alpha value is -1.89. The van der Waals surface area contributed by atoms with Crippen LogP contribution >= 0.6 is 15.9 Å². The molecule has 1 atom stereocenters. The van der Waals surface area contributed by atoms with Crippen LogP contribution in [0.25, 0.3) is 0 Å². The molecule has 2 amide bonds. The zero-order valence-electron chi connectivity index (χ0n) is 15.5. The van der Waals surface area contributed by atoms with Gasteiger partial charge in [0.1, 0.15) is 6.54 Å². The van der Waals surface area contributed by atoms with Crippen molar-refractivity contribution < 1.29 is 19.1 Å². The van der Waals surface area contributed by atoms with E-state index in [1.54, 1.807) is 24.3 Å². The Kier molecular flexibility index (Phi) is 9.95. The first-order chi connectivity index (χ1) is 12.3. The zero-order chi connectivity index (χ0) is 19.5. The predicted molar refractivity (Wildman–Crippen MR) is 104 cm³/mol. The van der Waals surface area contributed by atoms with Gasteiger partial charge in [-0.1, -0.05) is 42.6 Å². The number of hydrogen-bond donors (Lipinski definition) is 2. The second-order valence-corrected chi connectivity index (χ2v) is 7.56. The molecule has 0 aromatic heterocycles. The highest BCUT2D eigenvalue weighted by Gasteiger charge is 2.12. The Bertz CT molecular complexity index is 602. The second kappa shape index (κ2) is 11.7. The third kappa shape index (κ3) is 9.56. The average molecular weight is 427 g/mol. The number of carbonyl (C=O) groups excluding carboxylic acids is 3. The van der Waals surface area contributed by atoms with E-state index in [-0.39, 0.29) is 31.0 Å². The Morgan fingerprint density at radius 1 is 1.08 bits per heavy atom. The molecule has 0 heterocycles. The third-order valence-electron chi connectivity index (χ3n) is 3.69. The molecule has 0 spiro atoms. The van der Waals surface area contributed by atoms with Crippen LogP contribution < -0.4 is 10.6 Å². The molecule has 0 fully saturated rings. The number of carbonyl (C=O) groups is 3. The first-order valence-electron chi connectivity index (χ1n) is 8.76. The molecule has 0 bridgehead atoms. The Morgan fingerprint density at radius 3 is 2.35 bits per heavy atom. The number of esters is 1. The maximum Gasteiger partial charge on any atom is 0.325 e. The van der Waals surface area contributed by atoms with Gasteiger partial charge in [0, 0.05) is 16.1 Å². The van der Waals surface area contributed by atoms with Gasteiger partial charge in [-0.15, -0.1) is 0 Å². The van der Waals surface area contributed by atoms with Gasteiger partial charge in [0.25, 0.3) is 11.8 Å². The topological polar surface area (TPSA) is 84.5 Å². The Labute approximate surface area is 163 Å². The van der Waals surface area contributed by atoms with Crippen LogP contribution in [0.15, 0.2) is 28.7 Å². The molecule has 0 saturated heterocycles. The first-order valence-corrected chi connectivity index (χ1v) is 9.56. The van der Waals surface area contributed by atoms with Crippen molar-refractivity contribution >= 4 is 33.7 Å². The van der Waals surface area contributed by atoms with E-state index in [9.17, 15) is 14.4 Å². The van der Waals surface area contributed by atoms with Crippen molar-refractivity contribution in [2.75, 3.05) is 13.2 Å². The lowest BCUT2D eigenvalue weighted by Gasteiger charge is -2.14. The van der Waals surface area contributed by atoms with E-state index in [1.807, 2.05) is 6.92 Å². The van der Waals surface area contributed by atoms with Crippen molar-refractivity contribution in [2.45, 2.75) is 46.1 Å². The van der Waals surface area contributed by atoms with E-state index in [2.05, 4.69) is 40.4 Å². The normalized spacial score (nSPS) is 11.7. The molecule has 1 aromatic rings. The fourth-order valence-electron chi connectivity index (χ4n) is 2.27. The van der Waals surface area contributed by atoms with Gasteiger partial charge in [-0.25, -0.2) is 0 Å². The molecule has 2 N–H and O–H groups in total. The van der Waals surface area contributed by atoms with Crippen LogP contribution in [0.4, 0.5) is 0 Å². The molecular weight excluding hydrogens is 400 g/mol. The minimum atomic E-state index is -0.655. The molecular formula is C19H27BrN2O4. The van der Waals surface area contributed by atoms with Gasteiger partial charge in [0.05, 0.1) is 0 Å². The highest BCUT2D eigenvalue weighted by Crippen LogP contribution is 2.10. The second-order valence-electron chi connectivity index (χ2n) is 6.64. The molecule has 1 rings (SSSR count). The average Bonchev–Trinajstić information content (AvgIpc) is 2.58. The lowest BCUT2D eigenvalue weighted by atomic mass is 10.0. The van der Waals surface area contributed by atoms with E-state index >= 15 is 0 Å². The predicted octanol–water partition coefficient (Wildman–Crippen LogP) is 3.05. The summed E-state index contributed by atoms with van der Waals surface area (Å²) >= 11 is 3.28. The number of rotatable bonds is 10.